The zero-order chi connectivity index (χ0) is 22.3. The molecule has 1 amide bonds. The van der Waals surface area contributed by atoms with E-state index in [-0.39, 0.29) is 11.7 Å². The fourth-order valence-electron chi connectivity index (χ4n) is 4.24. The van der Waals surface area contributed by atoms with E-state index in [0.29, 0.717) is 37.4 Å². The van der Waals surface area contributed by atoms with E-state index in [2.05, 4.69) is 29.8 Å². The maximum absolute atomic E-state index is 13.1. The molecule has 4 rings (SSSR count). The topological polar surface area (TPSA) is 86.7 Å². The molecule has 166 valence electrons. The van der Waals surface area contributed by atoms with Crippen molar-refractivity contribution in [3.8, 4) is 0 Å². The molecule has 9 heteroatoms. The van der Waals surface area contributed by atoms with Gasteiger partial charge in [-0.2, -0.15) is 0 Å². The van der Waals surface area contributed by atoms with Gasteiger partial charge in [-0.25, -0.2) is 18.4 Å². The lowest BCUT2D eigenvalue weighted by Crippen LogP contribution is -2.49. The first-order chi connectivity index (χ1) is 14.7. The van der Waals surface area contributed by atoms with E-state index in [1.807, 2.05) is 18.7 Å². The molecular weight excluding hydrogens is 414 g/mol. The molecular formula is C22H29N5O3S. The van der Waals surface area contributed by atoms with Crippen molar-refractivity contribution < 1.29 is 13.2 Å². The predicted molar refractivity (Wildman–Crippen MR) is 121 cm³/mol. The Labute approximate surface area is 183 Å². The van der Waals surface area contributed by atoms with E-state index in [0.717, 1.165) is 35.7 Å². The van der Waals surface area contributed by atoms with Crippen molar-refractivity contribution in [1.82, 2.24) is 14.9 Å². The summed E-state index contributed by atoms with van der Waals surface area (Å²) >= 11 is 0. The third-order valence-electron chi connectivity index (χ3n) is 6.18. The van der Waals surface area contributed by atoms with Crippen LogP contribution in [-0.4, -0.2) is 67.7 Å². The molecule has 0 bridgehead atoms. The minimum absolute atomic E-state index is 0.0646. The first-order valence-corrected chi connectivity index (χ1v) is 12.2. The molecule has 2 saturated heterocycles. The van der Waals surface area contributed by atoms with Crippen LogP contribution in [0.2, 0.25) is 0 Å². The normalized spacial score (nSPS) is 18.5. The molecule has 0 unspecified atom stereocenters. The second-order valence-corrected chi connectivity index (χ2v) is 10.4. The molecule has 2 fully saturated rings. The first kappa shape index (κ1) is 21.5. The minimum Gasteiger partial charge on any atom is -0.353 e. The van der Waals surface area contributed by atoms with Crippen LogP contribution in [0.5, 0.6) is 0 Å². The second-order valence-electron chi connectivity index (χ2n) is 8.41. The molecule has 8 nitrogen and oxygen atoms in total. The van der Waals surface area contributed by atoms with Crippen molar-refractivity contribution in [1.29, 1.82) is 0 Å². The molecule has 2 aromatic rings. The van der Waals surface area contributed by atoms with Gasteiger partial charge < -0.3 is 9.80 Å². The molecule has 2 aromatic heterocycles. The molecule has 31 heavy (non-hydrogen) atoms. The van der Waals surface area contributed by atoms with Gasteiger partial charge in [0.25, 0.3) is 5.91 Å². The van der Waals surface area contributed by atoms with Crippen molar-refractivity contribution in [3.63, 3.8) is 0 Å². The summed E-state index contributed by atoms with van der Waals surface area (Å²) in [4.78, 5) is 26.2. The van der Waals surface area contributed by atoms with Crippen LogP contribution in [0.4, 0.5) is 11.6 Å². The molecule has 4 heterocycles. The second kappa shape index (κ2) is 8.11. The Morgan fingerprint density at radius 2 is 1.65 bits per heavy atom. The quantitative estimate of drug-likeness (QED) is 0.723. The Balaban J connectivity index is 1.46. The van der Waals surface area contributed by atoms with Crippen LogP contribution in [0, 0.1) is 27.7 Å². The van der Waals surface area contributed by atoms with Crippen LogP contribution in [0.25, 0.3) is 0 Å². The van der Waals surface area contributed by atoms with Gasteiger partial charge in [0.15, 0.2) is 0 Å². The third-order valence-corrected chi connectivity index (χ3v) is 8.02. The van der Waals surface area contributed by atoms with E-state index in [4.69, 9.17) is 4.98 Å². The van der Waals surface area contributed by atoms with Gasteiger partial charge in [0.1, 0.15) is 11.6 Å². The van der Waals surface area contributed by atoms with Crippen LogP contribution < -0.4 is 9.21 Å². The van der Waals surface area contributed by atoms with Crippen molar-refractivity contribution in [2.24, 2.45) is 0 Å². The number of pyridine rings is 2. The molecule has 0 aliphatic carbocycles. The van der Waals surface area contributed by atoms with Gasteiger partial charge in [0.05, 0.1) is 11.3 Å². The number of piperazine rings is 1. The Kier molecular flexibility index (Phi) is 5.63. The number of anilines is 2. The average molecular weight is 444 g/mol. The largest absolute Gasteiger partial charge is 0.353 e. The van der Waals surface area contributed by atoms with Crippen molar-refractivity contribution in [3.05, 3.63) is 46.3 Å². The van der Waals surface area contributed by atoms with Crippen molar-refractivity contribution in [2.45, 2.75) is 34.1 Å². The summed E-state index contributed by atoms with van der Waals surface area (Å²) in [7, 11) is -3.29. The number of carbonyl (C=O) groups excluding carboxylic acids is 1. The van der Waals surface area contributed by atoms with Crippen LogP contribution in [0.15, 0.2) is 18.3 Å². The van der Waals surface area contributed by atoms with Gasteiger partial charge in [-0.1, -0.05) is 6.07 Å². The van der Waals surface area contributed by atoms with E-state index < -0.39 is 10.0 Å². The number of sulfonamides is 1. The Bertz CT molecular complexity index is 1120. The maximum atomic E-state index is 13.1. The molecule has 0 radical (unpaired) electrons. The molecule has 2 aliphatic heterocycles. The average Bonchev–Trinajstić information content (AvgIpc) is 3.09. The van der Waals surface area contributed by atoms with Gasteiger partial charge in [0, 0.05) is 44.6 Å². The summed E-state index contributed by atoms with van der Waals surface area (Å²) < 4.78 is 25.6. The van der Waals surface area contributed by atoms with Crippen molar-refractivity contribution in [2.75, 3.05) is 47.7 Å². The predicted octanol–water partition coefficient (Wildman–Crippen LogP) is 2.21. The standard InChI is InChI=1S/C22H29N5O3S/c1-15-12-17(3)21(24-18(15)4)25-7-9-26(10-8-25)22(28)19-14-23-20(13-16(19)2)27-6-5-11-31(27,29)30/h12-14H,5-11H2,1-4H3. The number of carbonyl (C=O) groups is 1. The summed E-state index contributed by atoms with van der Waals surface area (Å²) in [5, 5.41) is 0. The number of amides is 1. The number of hydrogen-bond acceptors (Lipinski definition) is 6. The number of rotatable bonds is 3. The Morgan fingerprint density at radius 3 is 2.26 bits per heavy atom. The van der Waals surface area contributed by atoms with Crippen LogP contribution in [0.3, 0.4) is 0 Å². The summed E-state index contributed by atoms with van der Waals surface area (Å²) in [6.07, 6.45) is 2.12. The first-order valence-electron chi connectivity index (χ1n) is 10.6. The number of nitrogens with zero attached hydrogens (tertiary/aromatic N) is 5. The van der Waals surface area contributed by atoms with Gasteiger partial charge in [-0.15, -0.1) is 0 Å². The number of aromatic nitrogens is 2. The lowest BCUT2D eigenvalue weighted by atomic mass is 10.1. The van der Waals surface area contributed by atoms with Gasteiger partial charge in [-0.3, -0.25) is 9.10 Å². The van der Waals surface area contributed by atoms with E-state index >= 15 is 0 Å². The van der Waals surface area contributed by atoms with Gasteiger partial charge >= 0.3 is 0 Å². The van der Waals surface area contributed by atoms with E-state index in [1.54, 1.807) is 6.07 Å². The monoisotopic (exact) mass is 443 g/mol. The fourth-order valence-corrected chi connectivity index (χ4v) is 5.75. The Hall–Kier alpha value is -2.68. The van der Waals surface area contributed by atoms with Crippen LogP contribution >= 0.6 is 0 Å². The Morgan fingerprint density at radius 1 is 0.935 bits per heavy atom. The highest BCUT2D eigenvalue weighted by Crippen LogP contribution is 2.25. The highest BCUT2D eigenvalue weighted by molar-refractivity contribution is 7.93. The summed E-state index contributed by atoms with van der Waals surface area (Å²) in [5.74, 6) is 1.47. The molecule has 0 saturated carbocycles. The lowest BCUT2D eigenvalue weighted by Gasteiger charge is -2.36. The zero-order valence-corrected chi connectivity index (χ0v) is 19.4. The van der Waals surface area contributed by atoms with Crippen LogP contribution in [-0.2, 0) is 10.0 Å². The van der Waals surface area contributed by atoms with Crippen molar-refractivity contribution >= 4 is 27.6 Å². The molecule has 0 N–H and O–H groups in total. The molecule has 0 spiro atoms. The summed E-state index contributed by atoms with van der Waals surface area (Å²) in [6, 6.07) is 3.86. The number of aryl methyl sites for hydroxylation is 4. The molecule has 2 aliphatic rings. The maximum Gasteiger partial charge on any atom is 0.255 e. The van der Waals surface area contributed by atoms with Crippen LogP contribution in [0.1, 0.15) is 39.2 Å². The third kappa shape index (κ3) is 4.11. The van der Waals surface area contributed by atoms with Gasteiger partial charge in [-0.05, 0) is 56.9 Å². The fraction of sp³-hybridized carbons (Fsp3) is 0.500. The summed E-state index contributed by atoms with van der Waals surface area (Å²) in [5.41, 5.74) is 4.62. The molecule has 0 aromatic carbocycles. The van der Waals surface area contributed by atoms with E-state index in [9.17, 15) is 13.2 Å². The van der Waals surface area contributed by atoms with Gasteiger partial charge in [0.2, 0.25) is 10.0 Å². The minimum atomic E-state index is -3.29. The highest BCUT2D eigenvalue weighted by atomic mass is 32.2. The summed E-state index contributed by atoms with van der Waals surface area (Å²) in [6.45, 7) is 11.1. The number of hydrogen-bond donors (Lipinski definition) is 0. The smallest absolute Gasteiger partial charge is 0.255 e. The lowest BCUT2D eigenvalue weighted by molar-refractivity contribution is 0.0745. The highest BCUT2D eigenvalue weighted by Gasteiger charge is 2.30. The molecule has 0 atom stereocenters. The van der Waals surface area contributed by atoms with E-state index in [1.165, 1.54) is 16.1 Å². The zero-order valence-electron chi connectivity index (χ0n) is 18.6. The SMILES string of the molecule is Cc1cc(N2CCCS2(=O)=O)ncc1C(=O)N1CCN(c2nc(C)c(C)cc2C)CC1.